The van der Waals surface area contributed by atoms with Crippen molar-refractivity contribution in [2.24, 2.45) is 0 Å². The third-order valence-corrected chi connectivity index (χ3v) is 7.85. The molecule has 0 nitrogen and oxygen atoms in total. The zero-order chi connectivity index (χ0) is 17.0. The fraction of sp³-hybridized carbons (Fsp3) is 0.0500. The molecule has 3 rings (SSSR count). The van der Waals surface area contributed by atoms with Crippen LogP contribution < -0.4 is 15.9 Å². The van der Waals surface area contributed by atoms with Gasteiger partial charge in [0.05, 0.1) is 0 Å². The third-order valence-electron chi connectivity index (χ3n) is 3.83. The molecule has 0 amide bonds. The molecule has 0 bridgehead atoms. The smallest absolute Gasteiger partial charge is 0.167 e. The molecule has 0 radical (unpaired) electrons. The average Bonchev–Trinajstić information content (AvgIpc) is 2.61. The molecule has 0 saturated carbocycles. The first-order chi connectivity index (χ1) is 11.5. The van der Waals surface area contributed by atoms with Gasteiger partial charge in [0.2, 0.25) is 0 Å². The van der Waals surface area contributed by atoms with Crippen LogP contribution in [0.1, 0.15) is 0 Å². The summed E-state index contributed by atoms with van der Waals surface area (Å²) in [6, 6.07) is 26.9. The van der Waals surface area contributed by atoms with Crippen molar-refractivity contribution in [2.75, 3.05) is 0 Å². The summed E-state index contributed by atoms with van der Waals surface area (Å²) in [6.07, 6.45) is -4.38. The summed E-state index contributed by atoms with van der Waals surface area (Å²) in [7, 11) is 0. The summed E-state index contributed by atoms with van der Waals surface area (Å²) in [4.78, 5) is 0. The lowest BCUT2D eigenvalue weighted by Gasteiger charge is -2.29. The van der Waals surface area contributed by atoms with Gasteiger partial charge in [-0.15, -0.1) is 0 Å². The van der Waals surface area contributed by atoms with Crippen LogP contribution in [0.3, 0.4) is 0 Å². The Morgan fingerprint density at radius 1 is 0.542 bits per heavy atom. The van der Waals surface area contributed by atoms with E-state index in [-0.39, 0.29) is 0 Å². The molecule has 0 N–H and O–H groups in total. The fourth-order valence-corrected chi connectivity index (χ4v) is 6.59. The lowest BCUT2D eigenvalue weighted by atomic mass is 10.4. The topological polar surface area (TPSA) is 0 Å². The summed E-state index contributed by atoms with van der Waals surface area (Å²) in [5.74, 6) is 0.597. The first kappa shape index (κ1) is 16.6. The highest BCUT2D eigenvalue weighted by Crippen LogP contribution is 2.45. The Bertz CT molecular complexity index is 735. The zero-order valence-electron chi connectivity index (χ0n) is 12.8. The van der Waals surface area contributed by atoms with E-state index in [0.29, 0.717) is 21.7 Å². The maximum Gasteiger partial charge on any atom is 0.410 e. The van der Waals surface area contributed by atoms with Gasteiger partial charge in [-0.2, -0.15) is 13.2 Å². The van der Waals surface area contributed by atoms with Gasteiger partial charge in [0.15, 0.2) is 0 Å². The second-order valence-electron chi connectivity index (χ2n) is 5.40. The molecule has 0 saturated heterocycles. The first-order valence-corrected chi connectivity index (χ1v) is 9.37. The average molecular weight is 344 g/mol. The monoisotopic (exact) mass is 344 g/mol. The van der Waals surface area contributed by atoms with Crippen LogP contribution in [0.4, 0.5) is 13.2 Å². The zero-order valence-corrected chi connectivity index (χ0v) is 13.7. The van der Waals surface area contributed by atoms with Crippen LogP contribution in [0.5, 0.6) is 0 Å². The van der Waals surface area contributed by atoms with E-state index in [2.05, 4.69) is 0 Å². The van der Waals surface area contributed by atoms with Gasteiger partial charge in [0.25, 0.3) is 0 Å². The predicted octanol–water partition coefficient (Wildman–Crippen LogP) is 4.35. The summed E-state index contributed by atoms with van der Waals surface area (Å²) >= 11 is 0. The Labute approximate surface area is 139 Å². The van der Waals surface area contributed by atoms with Crippen LogP contribution in [0, 0.1) is 0 Å². The number of hydrogen-bond acceptors (Lipinski definition) is 0. The highest BCUT2D eigenvalue weighted by atomic mass is 31.2. The molecule has 0 aliphatic carbocycles. The summed E-state index contributed by atoms with van der Waals surface area (Å²) in [6.45, 7) is -2.92. The molecule has 0 heterocycles. The predicted molar refractivity (Wildman–Crippen MR) is 97.3 cm³/mol. The number of benzene rings is 3. The van der Waals surface area contributed by atoms with Crippen molar-refractivity contribution in [1.82, 2.24) is 0 Å². The Balaban J connectivity index is 2.45. The van der Waals surface area contributed by atoms with Crippen LogP contribution in [0.25, 0.3) is 0 Å². The molecular weight excluding hydrogens is 328 g/mol. The van der Waals surface area contributed by atoms with Crippen molar-refractivity contribution in [3.05, 3.63) is 91.0 Å². The largest absolute Gasteiger partial charge is 0.410 e. The van der Waals surface area contributed by atoms with E-state index >= 15 is 0 Å². The van der Waals surface area contributed by atoms with Crippen molar-refractivity contribution in [3.8, 4) is 0 Å². The lowest BCUT2D eigenvalue weighted by molar-refractivity contribution is -0.0516. The van der Waals surface area contributed by atoms with E-state index in [1.54, 1.807) is 72.8 Å². The van der Waals surface area contributed by atoms with Gasteiger partial charge in [0.1, 0.15) is 0 Å². The molecule has 0 spiro atoms. The Kier molecular flexibility index (Phi) is 4.64. The number of alkyl halides is 3. The van der Waals surface area contributed by atoms with Crippen molar-refractivity contribution in [2.45, 2.75) is 6.18 Å². The van der Waals surface area contributed by atoms with Crippen LogP contribution in [0.15, 0.2) is 91.0 Å². The van der Waals surface area contributed by atoms with Gasteiger partial charge in [-0.1, -0.05) is 91.0 Å². The van der Waals surface area contributed by atoms with Crippen molar-refractivity contribution < 1.29 is 13.2 Å². The maximum atomic E-state index is 13.6. The minimum absolute atomic E-state index is 0.597. The van der Waals surface area contributed by atoms with E-state index in [1.807, 2.05) is 18.2 Å². The quantitative estimate of drug-likeness (QED) is 0.620. The minimum atomic E-state index is -4.38. The van der Waals surface area contributed by atoms with Crippen molar-refractivity contribution >= 4 is 28.6 Å². The van der Waals surface area contributed by atoms with E-state index < -0.39 is 13.1 Å². The molecule has 0 fully saturated rings. The van der Waals surface area contributed by atoms with Crippen LogP contribution >= 0.6 is 6.89 Å². The molecule has 24 heavy (non-hydrogen) atoms. The Morgan fingerprint density at radius 2 is 0.833 bits per heavy atom. The number of rotatable bonds is 3. The lowest BCUT2D eigenvalue weighted by Crippen LogP contribution is -2.30. The van der Waals surface area contributed by atoms with E-state index in [1.165, 1.54) is 0 Å². The van der Waals surface area contributed by atoms with Gasteiger partial charge in [-0.3, -0.25) is 0 Å². The van der Waals surface area contributed by atoms with Crippen LogP contribution in [-0.2, 0) is 0 Å². The van der Waals surface area contributed by atoms with E-state index in [9.17, 15) is 13.2 Å². The molecule has 0 aromatic heterocycles. The first-order valence-electron chi connectivity index (χ1n) is 7.52. The molecule has 0 aliphatic rings. The highest BCUT2D eigenvalue weighted by Gasteiger charge is 2.34. The van der Waals surface area contributed by atoms with Crippen molar-refractivity contribution in [1.29, 1.82) is 0 Å². The standard InChI is InChI=1S/C20H16F3P/c21-20(22,23)16-24(17-10-4-1-5-11-17,18-12-6-2-7-13-18)19-14-8-3-9-15-19/h1-16H. The van der Waals surface area contributed by atoms with E-state index in [4.69, 9.17) is 0 Å². The third kappa shape index (κ3) is 3.32. The fourth-order valence-electron chi connectivity index (χ4n) is 2.88. The summed E-state index contributed by atoms with van der Waals surface area (Å²) in [5.41, 5.74) is 0. The van der Waals surface area contributed by atoms with Gasteiger partial charge in [-0.25, -0.2) is 0 Å². The molecule has 122 valence electrons. The van der Waals surface area contributed by atoms with E-state index in [0.717, 1.165) is 0 Å². The SMILES string of the molecule is FC(F)(F)C=P(c1ccccc1)(c1ccccc1)c1ccccc1. The molecule has 0 aliphatic heterocycles. The summed E-state index contributed by atoms with van der Waals surface area (Å²) < 4.78 is 40.7. The second kappa shape index (κ2) is 6.70. The minimum Gasteiger partial charge on any atom is -0.167 e. The maximum absolute atomic E-state index is 13.6. The number of hydrogen-bond donors (Lipinski definition) is 0. The molecule has 0 atom stereocenters. The second-order valence-corrected chi connectivity index (χ2v) is 8.65. The van der Waals surface area contributed by atoms with Gasteiger partial charge >= 0.3 is 6.18 Å². The van der Waals surface area contributed by atoms with Gasteiger partial charge in [0, 0.05) is 5.80 Å². The Hall–Kier alpha value is -2.25. The molecule has 3 aromatic rings. The molecular formula is C20H16F3P. The summed E-state index contributed by atoms with van der Waals surface area (Å²) in [5, 5.41) is 2.08. The highest BCUT2D eigenvalue weighted by molar-refractivity contribution is 7.94. The molecule has 3 aromatic carbocycles. The van der Waals surface area contributed by atoms with Gasteiger partial charge < -0.3 is 0 Å². The normalized spacial score (nSPS) is 12.0. The number of halogens is 3. The molecule has 4 heteroatoms. The van der Waals surface area contributed by atoms with Gasteiger partial charge in [-0.05, 0) is 22.8 Å². The Morgan fingerprint density at radius 3 is 1.08 bits per heavy atom. The molecule has 0 unspecified atom stereocenters. The van der Waals surface area contributed by atoms with Crippen molar-refractivity contribution in [3.63, 3.8) is 0 Å². The van der Waals surface area contributed by atoms with Crippen LogP contribution in [-0.4, -0.2) is 12.0 Å². The van der Waals surface area contributed by atoms with Crippen LogP contribution in [0.2, 0.25) is 0 Å².